The Labute approximate surface area is 199 Å². The van der Waals surface area contributed by atoms with Gasteiger partial charge in [0.1, 0.15) is 0 Å². The van der Waals surface area contributed by atoms with Gasteiger partial charge < -0.3 is 24.5 Å². The van der Waals surface area contributed by atoms with E-state index in [0.29, 0.717) is 0 Å². The molecule has 0 saturated heterocycles. The fourth-order valence-electron chi connectivity index (χ4n) is 2.55. The summed E-state index contributed by atoms with van der Waals surface area (Å²) in [6, 6.07) is 0.695. The average Bonchev–Trinajstić information content (AvgIpc) is 2.51. The number of ether oxygens (including phenoxy) is 2. The van der Waals surface area contributed by atoms with Crippen LogP contribution in [-0.4, -0.2) is 61.3 Å². The Morgan fingerprint density at radius 2 is 0.848 bits per heavy atom. The molecule has 33 heavy (non-hydrogen) atoms. The monoisotopic (exact) mass is 522 g/mol. The summed E-state index contributed by atoms with van der Waals surface area (Å²) in [5, 5.41) is 21.5. The minimum Gasteiger partial charge on any atom is -0.402 e. The van der Waals surface area contributed by atoms with Gasteiger partial charge in [-0.1, -0.05) is 0 Å². The van der Waals surface area contributed by atoms with Crippen molar-refractivity contribution in [1.82, 2.24) is 0 Å². The van der Waals surface area contributed by atoms with E-state index in [-0.39, 0.29) is 55.9 Å². The molecule has 0 fully saturated rings. The van der Waals surface area contributed by atoms with Gasteiger partial charge in [0.25, 0.3) is 0 Å². The van der Waals surface area contributed by atoms with Crippen LogP contribution in [0.4, 0.5) is 52.7 Å². The molecule has 0 aliphatic carbocycles. The summed E-state index contributed by atoms with van der Waals surface area (Å²) in [5.41, 5.74) is -14.6. The molecule has 19 heteroatoms. The molecule has 186 valence electrons. The molecule has 0 aromatic heterocycles. The van der Waals surface area contributed by atoms with Crippen LogP contribution in [0.3, 0.4) is 0 Å². The van der Waals surface area contributed by atoms with Crippen molar-refractivity contribution in [2.24, 2.45) is 0 Å². The molecule has 3 N–H and O–H groups in total. The van der Waals surface area contributed by atoms with Crippen LogP contribution in [0, 0.1) is 6.07 Å². The summed E-state index contributed by atoms with van der Waals surface area (Å²) in [4.78, 5) is 0. The first kappa shape index (κ1) is 34.4. The third-order valence-electron chi connectivity index (χ3n) is 3.81. The van der Waals surface area contributed by atoms with E-state index in [9.17, 15) is 52.7 Å². The number of methoxy groups -OCH3 is 2. The molecular weight excluding hydrogens is 510 g/mol. The van der Waals surface area contributed by atoms with Gasteiger partial charge >= 0.3 is 61.6 Å². The maximum atomic E-state index is 13.2. The van der Waals surface area contributed by atoms with Crippen LogP contribution < -0.4 is 29.6 Å². The molecule has 1 rings (SSSR count). The number of rotatable bonds is 4. The maximum Gasteiger partial charge on any atom is 1.00 e. The van der Waals surface area contributed by atoms with E-state index in [4.69, 9.17) is 15.1 Å². The van der Waals surface area contributed by atoms with E-state index in [1.165, 1.54) is 6.07 Å². The molecule has 0 aliphatic rings. The van der Waals surface area contributed by atoms with Crippen molar-refractivity contribution >= 4 is 7.32 Å². The average molecular weight is 522 g/mol. The van der Waals surface area contributed by atoms with Crippen molar-refractivity contribution in [1.29, 1.82) is 0 Å². The van der Waals surface area contributed by atoms with E-state index in [0.717, 1.165) is 0 Å². The summed E-state index contributed by atoms with van der Waals surface area (Å²) in [6.07, 6.45) is -25.2. The molecule has 0 aliphatic heterocycles. The van der Waals surface area contributed by atoms with Crippen molar-refractivity contribution in [2.45, 2.75) is 35.9 Å². The Hall–Kier alpha value is -0.755. The van der Waals surface area contributed by atoms with Crippen LogP contribution in [0.5, 0.6) is 0 Å². The van der Waals surface area contributed by atoms with Gasteiger partial charge in [-0.05, 0) is 0 Å². The molecule has 0 radical (unpaired) electrons. The number of hydrogen-bond donors (Lipinski definition) is 3. The fraction of sp³-hybridized carbons (Fsp3) is 0.571. The third kappa shape index (κ3) is 6.68. The zero-order valence-corrected chi connectivity index (χ0v) is 18.5. The third-order valence-corrected chi connectivity index (χ3v) is 3.81. The van der Waals surface area contributed by atoms with Crippen molar-refractivity contribution in [2.75, 3.05) is 14.2 Å². The van der Waals surface area contributed by atoms with Gasteiger partial charge in [-0.15, -0.1) is 11.1 Å². The first-order valence-electron chi connectivity index (χ1n) is 7.50. The Morgan fingerprint density at radius 3 is 1.00 bits per heavy atom. The number of alkyl halides is 12. The summed E-state index contributed by atoms with van der Waals surface area (Å²) >= 11 is 0. The van der Waals surface area contributed by atoms with Crippen molar-refractivity contribution in [3.63, 3.8) is 0 Å². The molecule has 0 bridgehead atoms. The Bertz CT molecular complexity index is 662. The molecule has 0 unspecified atom stereocenters. The molecule has 0 amide bonds. The van der Waals surface area contributed by atoms with Gasteiger partial charge in [-0.3, -0.25) is 0 Å². The number of halogens is 12. The van der Waals surface area contributed by atoms with Crippen LogP contribution >= 0.6 is 0 Å². The first-order chi connectivity index (χ1) is 14.1. The second-order valence-electron chi connectivity index (χ2n) is 5.62. The van der Waals surface area contributed by atoms with E-state index in [1.54, 1.807) is 0 Å². The van der Waals surface area contributed by atoms with Crippen LogP contribution in [-0.2, 0) is 20.7 Å². The standard InChI is InChI=1S/C14H9F12O2.BH3O3.Na/c1-27-9(11(15,16)17,12(18,19)20)7-4-3-5-8(6-7)10(28-2,13(21,22)23)14(24,25)26;2-1(3)4;/h4-6H,1-2H3;2-4H;/q-1;;+1. The van der Waals surface area contributed by atoms with E-state index < -0.39 is 60.4 Å². The molecular formula is C14H12BF12NaO5. The minimum absolute atomic E-state index is 0. The molecule has 5 nitrogen and oxygen atoms in total. The van der Waals surface area contributed by atoms with Gasteiger partial charge in [-0.2, -0.15) is 77.0 Å². The van der Waals surface area contributed by atoms with Gasteiger partial charge in [0.05, 0.1) is 0 Å². The fourth-order valence-corrected chi connectivity index (χ4v) is 2.55. The quantitative estimate of drug-likeness (QED) is 0.303. The van der Waals surface area contributed by atoms with Crippen molar-refractivity contribution in [3.8, 4) is 0 Å². The Kier molecular flexibility index (Phi) is 11.8. The summed E-state index contributed by atoms with van der Waals surface area (Å²) in [6.45, 7) is 0. The van der Waals surface area contributed by atoms with E-state index >= 15 is 0 Å². The predicted molar refractivity (Wildman–Crippen MR) is 79.3 cm³/mol. The van der Waals surface area contributed by atoms with Gasteiger partial charge in [0.2, 0.25) is 11.2 Å². The van der Waals surface area contributed by atoms with Crippen LogP contribution in [0.15, 0.2) is 18.2 Å². The maximum absolute atomic E-state index is 13.2. The van der Waals surface area contributed by atoms with Crippen LogP contribution in [0.1, 0.15) is 11.1 Å². The van der Waals surface area contributed by atoms with Crippen molar-refractivity contribution < 1.29 is 107 Å². The molecule has 1 aromatic carbocycles. The summed E-state index contributed by atoms with van der Waals surface area (Å²) < 4.78 is 166. The van der Waals surface area contributed by atoms with Gasteiger partial charge in [-0.25, -0.2) is 0 Å². The number of hydrogen-bond acceptors (Lipinski definition) is 5. The zero-order chi connectivity index (χ0) is 26.0. The molecule has 0 saturated carbocycles. The van der Waals surface area contributed by atoms with Crippen LogP contribution in [0.25, 0.3) is 0 Å². The zero-order valence-electron chi connectivity index (χ0n) is 16.5. The molecule has 1 aromatic rings. The normalized spacial score (nSPS) is 13.6. The second kappa shape index (κ2) is 11.3. The summed E-state index contributed by atoms with van der Waals surface area (Å²) in [5.74, 6) is 0. The van der Waals surface area contributed by atoms with Crippen LogP contribution in [0.2, 0.25) is 0 Å². The number of benzene rings is 1. The van der Waals surface area contributed by atoms with Gasteiger partial charge in [0, 0.05) is 14.2 Å². The smallest absolute Gasteiger partial charge is 0.402 e. The Balaban J connectivity index is 0. The SMILES string of the molecule is COC(c1c[c-]cc(C(OC)(C(F)(F)F)C(F)(F)F)c1)(C(F)(F)F)C(F)(F)F.OB(O)O.[Na+]. The minimum atomic E-state index is -6.29. The largest absolute Gasteiger partial charge is 1.00 e. The van der Waals surface area contributed by atoms with Gasteiger partial charge in [0.15, 0.2) is 0 Å². The Morgan fingerprint density at radius 1 is 0.636 bits per heavy atom. The van der Waals surface area contributed by atoms with Crippen molar-refractivity contribution in [3.05, 3.63) is 35.4 Å². The van der Waals surface area contributed by atoms with E-state index in [2.05, 4.69) is 9.47 Å². The first-order valence-corrected chi connectivity index (χ1v) is 7.50. The van der Waals surface area contributed by atoms with E-state index in [1.807, 2.05) is 0 Å². The predicted octanol–water partition coefficient (Wildman–Crippen LogP) is 0.372. The molecule has 0 heterocycles. The molecule has 0 spiro atoms. The summed E-state index contributed by atoms with van der Waals surface area (Å²) in [7, 11) is -2.27. The second-order valence-corrected chi connectivity index (χ2v) is 5.62. The topological polar surface area (TPSA) is 79.2 Å². The molecule has 0 atom stereocenters.